The third-order valence-electron chi connectivity index (χ3n) is 5.81. The van der Waals surface area contributed by atoms with Crippen LogP contribution < -0.4 is 10.1 Å². The molecule has 1 amide bonds. The lowest BCUT2D eigenvalue weighted by atomic mass is 9.98. The van der Waals surface area contributed by atoms with Crippen LogP contribution in [0.25, 0.3) is 21.8 Å². The van der Waals surface area contributed by atoms with Crippen molar-refractivity contribution in [2.24, 2.45) is 0 Å². The Morgan fingerprint density at radius 3 is 2.50 bits per heavy atom. The Morgan fingerprint density at radius 1 is 0.917 bits per heavy atom. The number of halogens is 3. The van der Waals surface area contributed by atoms with Gasteiger partial charge >= 0.3 is 6.18 Å². The fraction of sp³-hybridized carbons (Fsp3) is 0.111. The van der Waals surface area contributed by atoms with Crippen LogP contribution in [0.15, 0.2) is 85.3 Å². The number of amides is 1. The number of nitrogens with one attached hydrogen (secondary N) is 1. The minimum Gasteiger partial charge on any atom is -0.494 e. The summed E-state index contributed by atoms with van der Waals surface area (Å²) in [4.78, 5) is 26.0. The summed E-state index contributed by atoms with van der Waals surface area (Å²) in [6.45, 7) is 0. The Balaban J connectivity index is 1.62. The molecule has 3 heterocycles. The molecule has 0 unspecified atom stereocenters. The molecule has 3 aromatic heterocycles. The van der Waals surface area contributed by atoms with Crippen LogP contribution in [0.1, 0.15) is 33.2 Å². The Morgan fingerprint density at radius 2 is 1.69 bits per heavy atom. The zero-order valence-corrected chi connectivity index (χ0v) is 19.0. The zero-order chi connectivity index (χ0) is 25.3. The van der Waals surface area contributed by atoms with E-state index in [1.54, 1.807) is 54.7 Å². The molecule has 0 saturated carbocycles. The molecule has 5 rings (SSSR count). The number of methoxy groups -OCH3 is 1. The quantitative estimate of drug-likeness (QED) is 0.342. The van der Waals surface area contributed by atoms with Gasteiger partial charge in [-0.3, -0.25) is 19.7 Å². The van der Waals surface area contributed by atoms with E-state index < -0.39 is 23.7 Å². The Labute approximate surface area is 203 Å². The van der Waals surface area contributed by atoms with Crippen molar-refractivity contribution in [2.45, 2.75) is 12.2 Å². The van der Waals surface area contributed by atoms with Gasteiger partial charge in [0.2, 0.25) is 0 Å². The molecule has 0 spiro atoms. The fourth-order valence-corrected chi connectivity index (χ4v) is 4.09. The van der Waals surface area contributed by atoms with E-state index in [9.17, 15) is 18.0 Å². The molecule has 5 aromatic rings. The number of para-hydroxylation sites is 1. The van der Waals surface area contributed by atoms with Gasteiger partial charge in [0.25, 0.3) is 5.91 Å². The predicted octanol–water partition coefficient (Wildman–Crippen LogP) is 5.72. The molecule has 2 aromatic carbocycles. The number of alkyl halides is 3. The second-order valence-electron chi connectivity index (χ2n) is 8.05. The molecular weight excluding hydrogens is 469 g/mol. The van der Waals surface area contributed by atoms with Gasteiger partial charge in [0.1, 0.15) is 11.3 Å². The zero-order valence-electron chi connectivity index (χ0n) is 19.0. The van der Waals surface area contributed by atoms with Crippen LogP contribution in [-0.4, -0.2) is 28.0 Å². The van der Waals surface area contributed by atoms with E-state index in [-0.39, 0.29) is 11.3 Å². The van der Waals surface area contributed by atoms with Crippen LogP contribution in [-0.2, 0) is 6.18 Å². The van der Waals surface area contributed by atoms with Crippen molar-refractivity contribution in [3.8, 4) is 5.75 Å². The summed E-state index contributed by atoms with van der Waals surface area (Å²) in [5.41, 5.74) is 0.460. The first-order chi connectivity index (χ1) is 17.3. The van der Waals surface area contributed by atoms with Crippen LogP contribution in [0.4, 0.5) is 13.2 Å². The van der Waals surface area contributed by atoms with E-state index >= 15 is 0 Å². The SMILES string of the molecule is COc1cccc2cc([C@H](NC(=O)c3ccc4cccnc4c3)c3ncccc3C(F)(F)F)cnc12. The van der Waals surface area contributed by atoms with Crippen molar-refractivity contribution in [3.63, 3.8) is 0 Å². The van der Waals surface area contributed by atoms with Gasteiger partial charge in [0, 0.05) is 34.9 Å². The van der Waals surface area contributed by atoms with Crippen molar-refractivity contribution >= 4 is 27.7 Å². The molecule has 6 nitrogen and oxygen atoms in total. The van der Waals surface area contributed by atoms with Crippen LogP contribution in [0.3, 0.4) is 0 Å². The first kappa shape index (κ1) is 23.2. The average Bonchev–Trinajstić information content (AvgIpc) is 2.90. The summed E-state index contributed by atoms with van der Waals surface area (Å²) in [6, 6.07) is 16.4. The van der Waals surface area contributed by atoms with Crippen LogP contribution >= 0.6 is 0 Å². The summed E-state index contributed by atoms with van der Waals surface area (Å²) in [6.07, 6.45) is -0.383. The number of carbonyl (C=O) groups excluding carboxylic acids is 1. The summed E-state index contributed by atoms with van der Waals surface area (Å²) >= 11 is 0. The number of pyridine rings is 3. The van der Waals surface area contributed by atoms with Gasteiger partial charge in [-0.15, -0.1) is 0 Å². The number of carbonyl (C=O) groups is 1. The molecule has 1 N–H and O–H groups in total. The van der Waals surface area contributed by atoms with Crippen molar-refractivity contribution in [1.29, 1.82) is 0 Å². The van der Waals surface area contributed by atoms with Crippen LogP contribution in [0, 0.1) is 0 Å². The molecule has 0 radical (unpaired) electrons. The van der Waals surface area contributed by atoms with Gasteiger partial charge in [0.15, 0.2) is 0 Å². The van der Waals surface area contributed by atoms with Gasteiger partial charge < -0.3 is 10.1 Å². The van der Waals surface area contributed by atoms with Gasteiger partial charge in [-0.05, 0) is 48.0 Å². The number of fused-ring (bicyclic) bond motifs is 2. The number of rotatable bonds is 5. The third-order valence-corrected chi connectivity index (χ3v) is 5.81. The van der Waals surface area contributed by atoms with E-state index in [4.69, 9.17) is 4.74 Å². The maximum atomic E-state index is 13.9. The summed E-state index contributed by atoms with van der Waals surface area (Å²) in [7, 11) is 1.51. The van der Waals surface area contributed by atoms with E-state index in [0.29, 0.717) is 27.7 Å². The normalized spacial score (nSPS) is 12.4. The smallest absolute Gasteiger partial charge is 0.418 e. The second-order valence-corrected chi connectivity index (χ2v) is 8.05. The highest BCUT2D eigenvalue weighted by molar-refractivity contribution is 5.98. The molecule has 0 bridgehead atoms. The summed E-state index contributed by atoms with van der Waals surface area (Å²) < 4.78 is 47.1. The lowest BCUT2D eigenvalue weighted by Gasteiger charge is -2.22. The predicted molar refractivity (Wildman–Crippen MR) is 129 cm³/mol. The molecule has 0 fully saturated rings. The van der Waals surface area contributed by atoms with Crippen LogP contribution in [0.2, 0.25) is 0 Å². The molecule has 0 saturated heterocycles. The van der Waals surface area contributed by atoms with Gasteiger partial charge in [0.05, 0.1) is 29.9 Å². The molecule has 1 atom stereocenters. The van der Waals surface area contributed by atoms with E-state index in [0.717, 1.165) is 11.5 Å². The molecule has 36 heavy (non-hydrogen) atoms. The van der Waals surface area contributed by atoms with Gasteiger partial charge in [-0.2, -0.15) is 13.2 Å². The topological polar surface area (TPSA) is 77.0 Å². The molecule has 0 aliphatic heterocycles. The maximum Gasteiger partial charge on any atom is 0.418 e. The first-order valence-electron chi connectivity index (χ1n) is 11.0. The number of ether oxygens (including phenoxy) is 1. The Kier molecular flexibility index (Phi) is 5.97. The molecule has 0 aliphatic rings. The molecule has 180 valence electrons. The summed E-state index contributed by atoms with van der Waals surface area (Å²) in [5.74, 6) is -0.0471. The Bertz CT molecular complexity index is 1590. The molecule has 0 aliphatic carbocycles. The number of aromatic nitrogens is 3. The standard InChI is InChI=1S/C27H19F3N4O2/c1-36-22-8-2-5-17-13-19(15-33-23(17)22)24(25-20(27(28,29)30)7-4-12-32-25)34-26(35)18-10-9-16-6-3-11-31-21(16)14-18/h2-15,24H,1H3,(H,34,35)/t24-/m0/s1. The first-order valence-corrected chi connectivity index (χ1v) is 11.0. The highest BCUT2D eigenvalue weighted by atomic mass is 19.4. The van der Waals surface area contributed by atoms with Gasteiger partial charge in [-0.1, -0.05) is 24.3 Å². The number of nitrogens with zero attached hydrogens (tertiary/aromatic N) is 3. The van der Waals surface area contributed by atoms with E-state index in [1.807, 2.05) is 6.07 Å². The number of hydrogen-bond acceptors (Lipinski definition) is 5. The monoisotopic (exact) mass is 488 g/mol. The molecular formula is C27H19F3N4O2. The van der Waals surface area contributed by atoms with Crippen molar-refractivity contribution < 1.29 is 22.7 Å². The number of hydrogen-bond donors (Lipinski definition) is 1. The Hall–Kier alpha value is -4.53. The van der Waals surface area contributed by atoms with Gasteiger partial charge in [-0.25, -0.2) is 0 Å². The minimum atomic E-state index is -4.67. The van der Waals surface area contributed by atoms with Crippen molar-refractivity contribution in [2.75, 3.05) is 7.11 Å². The van der Waals surface area contributed by atoms with E-state index in [2.05, 4.69) is 20.3 Å². The average molecular weight is 488 g/mol. The summed E-state index contributed by atoms with van der Waals surface area (Å²) in [5, 5.41) is 4.22. The second kappa shape index (κ2) is 9.26. The van der Waals surface area contributed by atoms with Crippen molar-refractivity contribution in [3.05, 3.63) is 108 Å². The lowest BCUT2D eigenvalue weighted by Crippen LogP contribution is -2.31. The number of benzene rings is 2. The maximum absolute atomic E-state index is 13.9. The van der Waals surface area contributed by atoms with Crippen molar-refractivity contribution in [1.82, 2.24) is 20.3 Å². The molecule has 9 heteroatoms. The highest BCUT2D eigenvalue weighted by Crippen LogP contribution is 2.36. The van der Waals surface area contributed by atoms with E-state index in [1.165, 1.54) is 25.6 Å². The lowest BCUT2D eigenvalue weighted by molar-refractivity contribution is -0.138. The van der Waals surface area contributed by atoms with Crippen LogP contribution in [0.5, 0.6) is 5.75 Å². The minimum absolute atomic E-state index is 0.256. The third kappa shape index (κ3) is 4.43. The highest BCUT2D eigenvalue weighted by Gasteiger charge is 2.37. The largest absolute Gasteiger partial charge is 0.494 e. The fourth-order valence-electron chi connectivity index (χ4n) is 4.09.